The minimum atomic E-state index is 0.264. The average molecular weight is 296 g/mol. The molecule has 1 unspecified atom stereocenters. The molecular weight excluding hydrogens is 258 g/mol. The van der Waals surface area contributed by atoms with Crippen LogP contribution in [0.15, 0.2) is 0 Å². The molecule has 0 aliphatic carbocycles. The van der Waals surface area contributed by atoms with Crippen LogP contribution < -0.4 is 5.73 Å². The fraction of sp³-hybridized carbons (Fsp3) is 1.00. The Morgan fingerprint density at radius 2 is 1.57 bits per heavy atom. The first-order valence-corrected chi connectivity index (χ1v) is 9.15. The predicted octanol–water partition coefficient (Wildman–Crippen LogP) is 2.80. The molecule has 3 fully saturated rings. The van der Waals surface area contributed by atoms with Gasteiger partial charge in [0, 0.05) is 18.6 Å². The molecule has 3 rings (SSSR count). The Balaban J connectivity index is 2.11. The van der Waals surface area contributed by atoms with Gasteiger partial charge in [-0.25, -0.2) is 0 Å². The minimum Gasteiger partial charge on any atom is -0.329 e. The van der Waals surface area contributed by atoms with Crippen molar-refractivity contribution in [2.24, 2.45) is 23.5 Å². The van der Waals surface area contributed by atoms with Crippen molar-refractivity contribution in [3.05, 3.63) is 0 Å². The lowest BCUT2D eigenvalue weighted by molar-refractivity contribution is -0.0700. The molecule has 3 saturated heterocycles. The van der Waals surface area contributed by atoms with Gasteiger partial charge in [-0.3, -0.25) is 4.90 Å². The molecule has 3 aliphatic rings. The summed E-state index contributed by atoms with van der Waals surface area (Å²) in [4.78, 5) is 5.45. The van der Waals surface area contributed by atoms with Gasteiger partial charge in [-0.1, -0.05) is 27.7 Å². The smallest absolute Gasteiger partial charge is 0.0487 e. The van der Waals surface area contributed by atoms with Crippen LogP contribution in [0.1, 0.15) is 53.4 Å². The summed E-state index contributed by atoms with van der Waals surface area (Å²) < 4.78 is 0. The Morgan fingerprint density at radius 3 is 1.90 bits per heavy atom. The van der Waals surface area contributed by atoms with E-state index in [4.69, 9.17) is 5.73 Å². The van der Waals surface area contributed by atoms with E-state index in [0.29, 0.717) is 0 Å². The molecule has 0 spiro atoms. The van der Waals surface area contributed by atoms with Crippen molar-refractivity contribution in [2.75, 3.05) is 39.3 Å². The molecule has 0 aromatic heterocycles. The highest BCUT2D eigenvalue weighted by atomic mass is 15.3. The summed E-state index contributed by atoms with van der Waals surface area (Å²) >= 11 is 0. The normalized spacial score (nSPS) is 32.6. The van der Waals surface area contributed by atoms with Crippen LogP contribution in [0.5, 0.6) is 0 Å². The van der Waals surface area contributed by atoms with Crippen LogP contribution in [0.25, 0.3) is 0 Å². The van der Waals surface area contributed by atoms with E-state index in [1.807, 2.05) is 0 Å². The summed E-state index contributed by atoms with van der Waals surface area (Å²) in [5.74, 6) is 2.39. The second-order valence-electron chi connectivity index (χ2n) is 8.21. The van der Waals surface area contributed by atoms with Crippen molar-refractivity contribution in [3.63, 3.8) is 0 Å². The van der Waals surface area contributed by atoms with Gasteiger partial charge in [-0.05, 0) is 69.6 Å². The summed E-state index contributed by atoms with van der Waals surface area (Å²) in [5.41, 5.74) is 6.63. The molecule has 2 N–H and O–H groups in total. The predicted molar refractivity (Wildman–Crippen MR) is 91.4 cm³/mol. The van der Waals surface area contributed by atoms with Gasteiger partial charge < -0.3 is 10.6 Å². The molecule has 124 valence electrons. The standard InChI is InChI=1S/C18H37N3/c1-15(2)5-11-21(12-6-16(3)4)18(13-19)14-20-9-7-17(18)8-10-20/h15-17H,5-14,19H2,1-4H3. The number of nitrogens with zero attached hydrogens (tertiary/aromatic N) is 2. The molecule has 3 aliphatic heterocycles. The first-order chi connectivity index (χ1) is 9.98. The van der Waals surface area contributed by atoms with Crippen LogP contribution >= 0.6 is 0 Å². The lowest BCUT2D eigenvalue weighted by Gasteiger charge is -2.58. The van der Waals surface area contributed by atoms with Gasteiger partial charge >= 0.3 is 0 Å². The van der Waals surface area contributed by atoms with Crippen molar-refractivity contribution in [2.45, 2.75) is 58.9 Å². The van der Waals surface area contributed by atoms with Crippen molar-refractivity contribution in [1.82, 2.24) is 9.80 Å². The minimum absolute atomic E-state index is 0.264. The second-order valence-corrected chi connectivity index (χ2v) is 8.21. The molecule has 3 heteroatoms. The highest BCUT2D eigenvalue weighted by Crippen LogP contribution is 2.39. The third-order valence-electron chi connectivity index (χ3n) is 5.78. The molecular formula is C18H37N3. The Bertz CT molecular complexity index is 296. The molecule has 2 bridgehead atoms. The van der Waals surface area contributed by atoms with E-state index in [1.165, 1.54) is 58.4 Å². The quantitative estimate of drug-likeness (QED) is 0.747. The van der Waals surface area contributed by atoms with Crippen LogP contribution in [0.4, 0.5) is 0 Å². The van der Waals surface area contributed by atoms with E-state index < -0.39 is 0 Å². The van der Waals surface area contributed by atoms with Gasteiger partial charge in [-0.2, -0.15) is 0 Å². The molecule has 3 heterocycles. The van der Waals surface area contributed by atoms with Crippen LogP contribution in [0.2, 0.25) is 0 Å². The summed E-state index contributed by atoms with van der Waals surface area (Å²) in [5, 5.41) is 0. The maximum atomic E-state index is 6.37. The average Bonchev–Trinajstić information content (AvgIpc) is 2.47. The summed E-state index contributed by atoms with van der Waals surface area (Å²) in [6, 6.07) is 0. The molecule has 0 radical (unpaired) electrons. The highest BCUT2D eigenvalue weighted by molar-refractivity contribution is 5.06. The monoisotopic (exact) mass is 295 g/mol. The van der Waals surface area contributed by atoms with Gasteiger partial charge in [0.05, 0.1) is 0 Å². The Hall–Kier alpha value is -0.120. The van der Waals surface area contributed by atoms with Gasteiger partial charge in [0.15, 0.2) is 0 Å². The van der Waals surface area contributed by atoms with Gasteiger partial charge in [-0.15, -0.1) is 0 Å². The van der Waals surface area contributed by atoms with Gasteiger partial charge in [0.25, 0.3) is 0 Å². The molecule has 0 aromatic rings. The third-order valence-corrected chi connectivity index (χ3v) is 5.78. The molecule has 1 atom stereocenters. The molecule has 21 heavy (non-hydrogen) atoms. The molecule has 0 aromatic carbocycles. The SMILES string of the molecule is CC(C)CCN(CCC(C)C)C1(CN)CN2CCC1CC2. The number of nitrogens with two attached hydrogens (primary N) is 1. The summed E-state index contributed by atoms with van der Waals surface area (Å²) in [6.07, 6.45) is 5.31. The maximum absolute atomic E-state index is 6.37. The van der Waals surface area contributed by atoms with Gasteiger partial charge in [0.1, 0.15) is 0 Å². The zero-order valence-corrected chi connectivity index (χ0v) is 14.8. The van der Waals surface area contributed by atoms with Crippen molar-refractivity contribution in [1.29, 1.82) is 0 Å². The van der Waals surface area contributed by atoms with E-state index in [2.05, 4.69) is 37.5 Å². The molecule has 0 saturated carbocycles. The fourth-order valence-electron chi connectivity index (χ4n) is 4.25. The van der Waals surface area contributed by atoms with E-state index in [-0.39, 0.29) is 5.54 Å². The number of fused-ring (bicyclic) bond motifs is 3. The molecule has 3 nitrogen and oxygen atoms in total. The zero-order chi connectivity index (χ0) is 15.5. The van der Waals surface area contributed by atoms with Crippen molar-refractivity contribution in [3.8, 4) is 0 Å². The van der Waals surface area contributed by atoms with E-state index in [9.17, 15) is 0 Å². The molecule has 0 amide bonds. The van der Waals surface area contributed by atoms with Crippen LogP contribution in [-0.4, -0.2) is 54.6 Å². The van der Waals surface area contributed by atoms with E-state index in [1.54, 1.807) is 0 Å². The van der Waals surface area contributed by atoms with Crippen LogP contribution in [-0.2, 0) is 0 Å². The van der Waals surface area contributed by atoms with Crippen LogP contribution in [0, 0.1) is 17.8 Å². The number of hydrogen-bond acceptors (Lipinski definition) is 3. The second kappa shape index (κ2) is 7.43. The Morgan fingerprint density at radius 1 is 1.05 bits per heavy atom. The largest absolute Gasteiger partial charge is 0.329 e. The lowest BCUT2D eigenvalue weighted by Crippen LogP contribution is -2.70. The van der Waals surface area contributed by atoms with Crippen LogP contribution in [0.3, 0.4) is 0 Å². The van der Waals surface area contributed by atoms with E-state index >= 15 is 0 Å². The van der Waals surface area contributed by atoms with Crippen molar-refractivity contribution >= 4 is 0 Å². The fourth-order valence-corrected chi connectivity index (χ4v) is 4.25. The number of hydrogen-bond donors (Lipinski definition) is 1. The maximum Gasteiger partial charge on any atom is 0.0487 e. The first-order valence-electron chi connectivity index (χ1n) is 9.15. The number of rotatable bonds is 8. The topological polar surface area (TPSA) is 32.5 Å². The first kappa shape index (κ1) is 17.2. The third kappa shape index (κ3) is 4.00. The summed E-state index contributed by atoms with van der Waals surface area (Å²) in [6.45, 7) is 16.5. The lowest BCUT2D eigenvalue weighted by atomic mass is 9.71. The Labute approximate surface area is 132 Å². The zero-order valence-electron chi connectivity index (χ0n) is 14.8. The van der Waals surface area contributed by atoms with Crippen molar-refractivity contribution < 1.29 is 0 Å². The highest BCUT2D eigenvalue weighted by Gasteiger charge is 2.49. The van der Waals surface area contributed by atoms with Gasteiger partial charge in [0.2, 0.25) is 0 Å². The summed E-state index contributed by atoms with van der Waals surface area (Å²) in [7, 11) is 0. The Kier molecular flexibility index (Phi) is 6.10. The number of piperidine rings is 3. The van der Waals surface area contributed by atoms with E-state index in [0.717, 1.165) is 24.3 Å².